The summed E-state index contributed by atoms with van der Waals surface area (Å²) in [6.45, 7) is 2.82. The summed E-state index contributed by atoms with van der Waals surface area (Å²) in [7, 11) is 5.87. The smallest absolute Gasteiger partial charge is 0.191 e. The quantitative estimate of drug-likeness (QED) is 0.574. The Hall–Kier alpha value is -2.12. The van der Waals surface area contributed by atoms with E-state index in [-0.39, 0.29) is 11.9 Å². The van der Waals surface area contributed by atoms with Crippen LogP contribution in [0.2, 0.25) is 0 Å². The van der Waals surface area contributed by atoms with Crippen molar-refractivity contribution < 1.29 is 4.39 Å². The monoisotopic (exact) mass is 403 g/mol. The molecular formula is C21H30FN5S. The minimum Gasteiger partial charge on any atom is -0.363 e. The molecule has 1 fully saturated rings. The minimum atomic E-state index is -0.208. The molecule has 0 aliphatic carbocycles. The van der Waals surface area contributed by atoms with Gasteiger partial charge in [0.05, 0.1) is 11.0 Å². The van der Waals surface area contributed by atoms with Gasteiger partial charge >= 0.3 is 0 Å². The molecule has 1 aromatic heterocycles. The van der Waals surface area contributed by atoms with Crippen molar-refractivity contribution in [3.63, 3.8) is 0 Å². The van der Waals surface area contributed by atoms with Gasteiger partial charge in [-0.25, -0.2) is 4.39 Å². The lowest BCUT2D eigenvalue weighted by molar-refractivity contribution is 0.297. The van der Waals surface area contributed by atoms with Crippen LogP contribution in [0.4, 0.5) is 9.39 Å². The Morgan fingerprint density at radius 3 is 2.54 bits per heavy atom. The van der Waals surface area contributed by atoms with E-state index in [0.717, 1.165) is 37.5 Å². The fourth-order valence-corrected chi connectivity index (χ4v) is 4.34. The van der Waals surface area contributed by atoms with E-state index in [1.165, 1.54) is 17.1 Å². The molecule has 3 rings (SSSR count). The number of benzene rings is 1. The van der Waals surface area contributed by atoms with Crippen molar-refractivity contribution in [1.82, 2.24) is 15.5 Å². The van der Waals surface area contributed by atoms with Gasteiger partial charge in [-0.3, -0.25) is 4.99 Å². The second-order valence-electron chi connectivity index (χ2n) is 7.34. The topological polar surface area (TPSA) is 42.9 Å². The third-order valence-electron chi connectivity index (χ3n) is 5.22. The highest BCUT2D eigenvalue weighted by Gasteiger charge is 2.21. The van der Waals surface area contributed by atoms with Crippen LogP contribution in [0.3, 0.4) is 0 Å². The number of nitrogens with one attached hydrogen (secondary N) is 2. The summed E-state index contributed by atoms with van der Waals surface area (Å²) in [6, 6.07) is 11.6. The number of rotatable bonds is 6. The molecule has 2 N–H and O–H groups in total. The molecule has 1 aliphatic heterocycles. The molecule has 0 amide bonds. The summed E-state index contributed by atoms with van der Waals surface area (Å²) in [4.78, 5) is 8.98. The van der Waals surface area contributed by atoms with E-state index in [1.54, 1.807) is 18.4 Å². The molecule has 7 heteroatoms. The predicted octanol–water partition coefficient (Wildman–Crippen LogP) is 3.32. The Bertz CT molecular complexity index is 737. The van der Waals surface area contributed by atoms with Gasteiger partial charge in [-0.1, -0.05) is 12.1 Å². The van der Waals surface area contributed by atoms with Crippen LogP contribution in [0.15, 0.2) is 46.8 Å². The number of guanidine groups is 1. The van der Waals surface area contributed by atoms with Crippen molar-refractivity contribution in [3.8, 4) is 0 Å². The molecule has 1 saturated heterocycles. The summed E-state index contributed by atoms with van der Waals surface area (Å²) < 4.78 is 13.2. The van der Waals surface area contributed by atoms with Crippen LogP contribution in [0.5, 0.6) is 0 Å². The Kier molecular flexibility index (Phi) is 7.28. The molecule has 2 aromatic rings. The lowest BCUT2D eigenvalue weighted by Gasteiger charge is -2.34. The molecule has 28 heavy (non-hydrogen) atoms. The second kappa shape index (κ2) is 9.89. The number of hydrogen-bond acceptors (Lipinski definition) is 4. The Balaban J connectivity index is 1.50. The molecule has 0 bridgehead atoms. The highest BCUT2D eigenvalue weighted by atomic mass is 32.1. The lowest BCUT2D eigenvalue weighted by Crippen LogP contribution is -2.49. The van der Waals surface area contributed by atoms with Crippen molar-refractivity contribution >= 4 is 22.3 Å². The third-order valence-corrected chi connectivity index (χ3v) is 6.15. The van der Waals surface area contributed by atoms with Gasteiger partial charge in [0.25, 0.3) is 0 Å². The number of likely N-dealkylation sites (N-methyl/N-ethyl adjacent to an activating group) is 1. The number of piperidine rings is 1. The number of thiophene rings is 1. The molecule has 1 aromatic carbocycles. The van der Waals surface area contributed by atoms with E-state index in [4.69, 9.17) is 0 Å². The first-order valence-corrected chi connectivity index (χ1v) is 10.6. The van der Waals surface area contributed by atoms with Gasteiger partial charge in [-0.05, 0) is 62.1 Å². The first-order chi connectivity index (χ1) is 13.6. The number of anilines is 1. The van der Waals surface area contributed by atoms with Crippen molar-refractivity contribution in [2.24, 2.45) is 4.99 Å². The molecule has 5 nitrogen and oxygen atoms in total. The second-order valence-corrected chi connectivity index (χ2v) is 8.27. The number of nitrogens with zero attached hydrogens (tertiary/aromatic N) is 3. The van der Waals surface area contributed by atoms with E-state index in [9.17, 15) is 4.39 Å². The molecule has 1 aliphatic rings. The van der Waals surface area contributed by atoms with Crippen LogP contribution in [0.25, 0.3) is 0 Å². The van der Waals surface area contributed by atoms with E-state index in [0.29, 0.717) is 12.6 Å². The maximum Gasteiger partial charge on any atom is 0.191 e. The first-order valence-electron chi connectivity index (χ1n) is 9.74. The fraction of sp³-hybridized carbons (Fsp3) is 0.476. The summed E-state index contributed by atoms with van der Waals surface area (Å²) >= 11 is 1.80. The maximum absolute atomic E-state index is 13.2. The predicted molar refractivity (Wildman–Crippen MR) is 117 cm³/mol. The highest BCUT2D eigenvalue weighted by Crippen LogP contribution is 2.24. The molecule has 0 radical (unpaired) electrons. The minimum absolute atomic E-state index is 0.139. The van der Waals surface area contributed by atoms with Crippen LogP contribution in [0.1, 0.15) is 24.4 Å². The van der Waals surface area contributed by atoms with Gasteiger partial charge in [-0.15, -0.1) is 11.3 Å². The van der Waals surface area contributed by atoms with Crippen LogP contribution in [0, 0.1) is 5.82 Å². The maximum atomic E-state index is 13.2. The van der Waals surface area contributed by atoms with E-state index >= 15 is 0 Å². The van der Waals surface area contributed by atoms with Gasteiger partial charge in [-0.2, -0.15) is 0 Å². The number of halogens is 1. The summed E-state index contributed by atoms with van der Waals surface area (Å²) in [5.74, 6) is 0.615. The molecule has 0 spiro atoms. The third kappa shape index (κ3) is 5.45. The fourth-order valence-electron chi connectivity index (χ4n) is 3.56. The van der Waals surface area contributed by atoms with Crippen LogP contribution in [-0.2, 0) is 0 Å². The molecule has 2 heterocycles. The molecule has 0 saturated carbocycles. The molecule has 1 atom stereocenters. The SMILES string of the molecule is CN=C(NCC(c1ccc(F)cc1)N(C)C)NC1CCN(c2cccs2)CC1. The van der Waals surface area contributed by atoms with Gasteiger partial charge in [0.2, 0.25) is 0 Å². The average molecular weight is 404 g/mol. The summed E-state index contributed by atoms with van der Waals surface area (Å²) in [5.41, 5.74) is 1.08. The zero-order valence-electron chi connectivity index (χ0n) is 16.9. The van der Waals surface area contributed by atoms with Gasteiger partial charge in [0.1, 0.15) is 5.82 Å². The largest absolute Gasteiger partial charge is 0.363 e. The highest BCUT2D eigenvalue weighted by molar-refractivity contribution is 7.14. The van der Waals surface area contributed by atoms with E-state index < -0.39 is 0 Å². The van der Waals surface area contributed by atoms with Crippen molar-refractivity contribution in [2.45, 2.75) is 24.9 Å². The Morgan fingerprint density at radius 1 is 1.25 bits per heavy atom. The Morgan fingerprint density at radius 2 is 1.96 bits per heavy atom. The van der Waals surface area contributed by atoms with E-state index in [2.05, 4.69) is 42.9 Å². The lowest BCUT2D eigenvalue weighted by atomic mass is 10.1. The van der Waals surface area contributed by atoms with Crippen molar-refractivity contribution in [3.05, 3.63) is 53.2 Å². The van der Waals surface area contributed by atoms with E-state index in [1.807, 2.05) is 26.2 Å². The molecule has 152 valence electrons. The summed E-state index contributed by atoms with van der Waals surface area (Å²) in [5, 5.41) is 10.5. The number of hydrogen-bond donors (Lipinski definition) is 2. The molecular weight excluding hydrogens is 373 g/mol. The van der Waals surface area contributed by atoms with Crippen molar-refractivity contribution in [1.29, 1.82) is 0 Å². The Labute approximate surface area is 171 Å². The van der Waals surface area contributed by atoms with Gasteiger partial charge < -0.3 is 20.4 Å². The van der Waals surface area contributed by atoms with Crippen LogP contribution >= 0.6 is 11.3 Å². The van der Waals surface area contributed by atoms with Crippen LogP contribution in [-0.4, -0.2) is 57.7 Å². The normalized spacial score (nSPS) is 17.0. The van der Waals surface area contributed by atoms with Gasteiger partial charge in [0.15, 0.2) is 5.96 Å². The zero-order valence-corrected chi connectivity index (χ0v) is 17.7. The first kappa shape index (κ1) is 20.6. The standard InChI is InChI=1S/C21H30FN5S/c1-23-21(24-15-19(26(2)3)16-6-8-17(22)9-7-16)25-18-10-12-27(13-11-18)20-5-4-14-28-20/h4-9,14,18-19H,10-13,15H2,1-3H3,(H2,23,24,25). The van der Waals surface area contributed by atoms with Gasteiger partial charge in [0, 0.05) is 32.7 Å². The summed E-state index contributed by atoms with van der Waals surface area (Å²) in [6.07, 6.45) is 2.18. The number of aliphatic imine (C=N–C) groups is 1. The zero-order chi connectivity index (χ0) is 19.9. The van der Waals surface area contributed by atoms with Crippen LogP contribution < -0.4 is 15.5 Å². The molecule has 1 unspecified atom stereocenters. The van der Waals surface area contributed by atoms with Crippen molar-refractivity contribution in [2.75, 3.05) is 45.7 Å². The average Bonchev–Trinajstić information content (AvgIpc) is 3.23.